The summed E-state index contributed by atoms with van der Waals surface area (Å²) >= 11 is 1.38. The van der Waals surface area contributed by atoms with Crippen molar-refractivity contribution in [2.24, 2.45) is 0 Å². The number of hydrogen-bond acceptors (Lipinski definition) is 4. The summed E-state index contributed by atoms with van der Waals surface area (Å²) in [6.07, 6.45) is 0. The minimum Gasteiger partial charge on any atom is -0.398 e. The second-order valence-electron chi connectivity index (χ2n) is 4.71. The maximum absolute atomic E-state index is 12.0. The predicted octanol–water partition coefficient (Wildman–Crippen LogP) is 2.17. The lowest BCUT2D eigenvalue weighted by atomic mass is 10.3. The Morgan fingerprint density at radius 2 is 1.91 bits per heavy atom. The quantitative estimate of drug-likeness (QED) is 0.437. The summed E-state index contributed by atoms with van der Waals surface area (Å²) in [7, 11) is 0. The molecular weight excluding hydrogens is 300 g/mol. The molecule has 112 valence electrons. The number of fused-ring (bicyclic) bond motifs is 1. The van der Waals surface area contributed by atoms with Gasteiger partial charge < -0.3 is 21.0 Å². The molecule has 0 bridgehead atoms. The molecule has 0 unspecified atom stereocenters. The Morgan fingerprint density at radius 3 is 2.73 bits per heavy atom. The largest absolute Gasteiger partial charge is 0.398 e. The van der Waals surface area contributed by atoms with Gasteiger partial charge in [-0.05, 0) is 30.3 Å². The van der Waals surface area contributed by atoms with Crippen LogP contribution in [0.5, 0.6) is 0 Å². The number of nitrogens with two attached hydrogens (primary N) is 1. The van der Waals surface area contributed by atoms with Gasteiger partial charge in [-0.15, -0.1) is 11.8 Å². The number of nitrogens with one attached hydrogen (secondary N) is 3. The number of benzene rings is 2. The number of para-hydroxylation sites is 1. The van der Waals surface area contributed by atoms with Gasteiger partial charge in [-0.1, -0.05) is 12.1 Å². The normalized spacial score (nSPS) is 10.7. The van der Waals surface area contributed by atoms with Crippen molar-refractivity contribution in [1.29, 1.82) is 0 Å². The summed E-state index contributed by atoms with van der Waals surface area (Å²) < 4.78 is 0. The number of aromatic nitrogens is 2. The van der Waals surface area contributed by atoms with Gasteiger partial charge in [-0.3, -0.25) is 4.79 Å². The van der Waals surface area contributed by atoms with E-state index in [4.69, 9.17) is 5.73 Å². The number of carbonyl (C=O) groups is 1. The SMILES string of the molecule is Nc1ccccc1SCC(=O)Nc1ccc2[nH]c(=O)[nH]c2c1. The molecule has 1 heterocycles. The molecule has 2 aromatic carbocycles. The molecular formula is C15H14N4O2S. The molecule has 1 aromatic heterocycles. The Balaban J connectivity index is 1.65. The number of rotatable bonds is 4. The molecule has 0 aliphatic carbocycles. The molecule has 3 rings (SSSR count). The standard InChI is InChI=1S/C15H14N4O2S/c16-10-3-1-2-4-13(10)22-8-14(20)17-9-5-6-11-12(7-9)19-15(21)18-11/h1-7H,8,16H2,(H,17,20)(H2,18,19,21). The highest BCUT2D eigenvalue weighted by atomic mass is 32.2. The highest BCUT2D eigenvalue weighted by Gasteiger charge is 2.07. The van der Waals surface area contributed by atoms with E-state index in [0.29, 0.717) is 22.4 Å². The number of carbonyl (C=O) groups excluding carboxylic acids is 1. The zero-order valence-electron chi connectivity index (χ0n) is 11.6. The zero-order valence-corrected chi connectivity index (χ0v) is 12.4. The van der Waals surface area contributed by atoms with E-state index in [0.717, 1.165) is 4.90 Å². The first-order chi connectivity index (χ1) is 10.6. The Bertz CT molecular complexity index is 884. The molecule has 0 aliphatic rings. The van der Waals surface area contributed by atoms with E-state index in [-0.39, 0.29) is 17.3 Å². The Hall–Kier alpha value is -2.67. The van der Waals surface area contributed by atoms with E-state index < -0.39 is 0 Å². The van der Waals surface area contributed by atoms with E-state index in [9.17, 15) is 9.59 Å². The molecule has 7 heteroatoms. The Kier molecular flexibility index (Phi) is 3.88. The number of nitrogen functional groups attached to an aromatic ring is 1. The van der Waals surface area contributed by atoms with E-state index in [2.05, 4.69) is 15.3 Å². The van der Waals surface area contributed by atoms with Crippen LogP contribution in [0.25, 0.3) is 11.0 Å². The number of anilines is 2. The molecule has 3 aromatic rings. The summed E-state index contributed by atoms with van der Waals surface area (Å²) in [6.45, 7) is 0. The molecule has 0 saturated heterocycles. The first-order valence-corrected chi connectivity index (χ1v) is 7.59. The third kappa shape index (κ3) is 3.15. The van der Waals surface area contributed by atoms with Gasteiger partial charge in [0.1, 0.15) is 0 Å². The number of hydrogen-bond donors (Lipinski definition) is 4. The van der Waals surface area contributed by atoms with E-state index in [1.54, 1.807) is 24.3 Å². The maximum Gasteiger partial charge on any atom is 0.323 e. The smallest absolute Gasteiger partial charge is 0.323 e. The van der Waals surface area contributed by atoms with Gasteiger partial charge in [-0.25, -0.2) is 4.79 Å². The lowest BCUT2D eigenvalue weighted by molar-refractivity contribution is -0.113. The minimum absolute atomic E-state index is 0.134. The number of amides is 1. The predicted molar refractivity (Wildman–Crippen MR) is 89.1 cm³/mol. The zero-order chi connectivity index (χ0) is 15.5. The summed E-state index contributed by atoms with van der Waals surface area (Å²) in [4.78, 5) is 29.4. The number of aromatic amines is 2. The summed E-state index contributed by atoms with van der Waals surface area (Å²) in [5.74, 6) is 0.126. The average molecular weight is 314 g/mol. The van der Waals surface area contributed by atoms with Crippen LogP contribution >= 0.6 is 11.8 Å². The summed E-state index contributed by atoms with van der Waals surface area (Å²) in [5, 5.41) is 2.80. The van der Waals surface area contributed by atoms with Crippen molar-refractivity contribution >= 4 is 40.1 Å². The van der Waals surface area contributed by atoms with Gasteiger partial charge in [0.25, 0.3) is 0 Å². The number of imidazole rings is 1. The van der Waals surface area contributed by atoms with Crippen molar-refractivity contribution < 1.29 is 4.79 Å². The number of thioether (sulfide) groups is 1. The molecule has 0 fully saturated rings. The maximum atomic E-state index is 12.0. The lowest BCUT2D eigenvalue weighted by Gasteiger charge is -2.06. The van der Waals surface area contributed by atoms with Gasteiger partial charge in [0.05, 0.1) is 16.8 Å². The Morgan fingerprint density at radius 1 is 1.14 bits per heavy atom. The van der Waals surface area contributed by atoms with Gasteiger partial charge in [0.15, 0.2) is 0 Å². The molecule has 0 radical (unpaired) electrons. The van der Waals surface area contributed by atoms with Crippen LogP contribution in [0.4, 0.5) is 11.4 Å². The molecule has 0 atom stereocenters. The minimum atomic E-state index is -0.270. The fourth-order valence-electron chi connectivity index (χ4n) is 2.06. The van der Waals surface area contributed by atoms with Gasteiger partial charge in [-0.2, -0.15) is 0 Å². The van der Waals surface area contributed by atoms with Crippen LogP contribution in [0.2, 0.25) is 0 Å². The van der Waals surface area contributed by atoms with E-state index in [1.807, 2.05) is 18.2 Å². The average Bonchev–Trinajstić information content (AvgIpc) is 2.86. The van der Waals surface area contributed by atoms with Crippen molar-refractivity contribution in [3.05, 3.63) is 52.9 Å². The molecule has 6 nitrogen and oxygen atoms in total. The van der Waals surface area contributed by atoms with Crippen molar-refractivity contribution in [3.63, 3.8) is 0 Å². The molecule has 5 N–H and O–H groups in total. The third-order valence-corrected chi connectivity index (χ3v) is 4.17. The molecule has 22 heavy (non-hydrogen) atoms. The van der Waals surface area contributed by atoms with Crippen LogP contribution in [0, 0.1) is 0 Å². The monoisotopic (exact) mass is 314 g/mol. The van der Waals surface area contributed by atoms with E-state index in [1.165, 1.54) is 11.8 Å². The summed E-state index contributed by atoms with van der Waals surface area (Å²) in [6, 6.07) is 12.6. The third-order valence-electron chi connectivity index (χ3n) is 3.08. The van der Waals surface area contributed by atoms with Gasteiger partial charge >= 0.3 is 5.69 Å². The van der Waals surface area contributed by atoms with Crippen LogP contribution in [0.1, 0.15) is 0 Å². The van der Waals surface area contributed by atoms with Crippen LogP contribution in [0.15, 0.2) is 52.2 Å². The van der Waals surface area contributed by atoms with Crippen molar-refractivity contribution in [1.82, 2.24) is 9.97 Å². The second kappa shape index (κ2) is 5.98. The van der Waals surface area contributed by atoms with Crippen LogP contribution in [-0.2, 0) is 4.79 Å². The van der Waals surface area contributed by atoms with E-state index >= 15 is 0 Å². The van der Waals surface area contributed by atoms with Crippen molar-refractivity contribution in [3.8, 4) is 0 Å². The first kappa shape index (κ1) is 14.3. The first-order valence-electron chi connectivity index (χ1n) is 6.61. The molecule has 0 spiro atoms. The van der Waals surface area contributed by atoms with Gasteiger partial charge in [0, 0.05) is 16.3 Å². The van der Waals surface area contributed by atoms with Crippen molar-refractivity contribution in [2.75, 3.05) is 16.8 Å². The summed E-state index contributed by atoms with van der Waals surface area (Å²) in [5.41, 5.74) is 8.22. The van der Waals surface area contributed by atoms with Crippen LogP contribution < -0.4 is 16.7 Å². The molecule has 0 saturated carbocycles. The molecule has 0 aliphatic heterocycles. The lowest BCUT2D eigenvalue weighted by Crippen LogP contribution is -2.14. The molecule has 1 amide bonds. The highest BCUT2D eigenvalue weighted by Crippen LogP contribution is 2.24. The second-order valence-corrected chi connectivity index (χ2v) is 5.73. The highest BCUT2D eigenvalue weighted by molar-refractivity contribution is 8.00. The van der Waals surface area contributed by atoms with Crippen molar-refractivity contribution in [2.45, 2.75) is 4.90 Å². The fourth-order valence-corrected chi connectivity index (χ4v) is 2.83. The number of H-pyrrole nitrogens is 2. The van der Waals surface area contributed by atoms with Crippen LogP contribution in [0.3, 0.4) is 0 Å². The van der Waals surface area contributed by atoms with Crippen LogP contribution in [-0.4, -0.2) is 21.6 Å². The fraction of sp³-hybridized carbons (Fsp3) is 0.0667. The Labute approximate surface area is 130 Å². The van der Waals surface area contributed by atoms with Gasteiger partial charge in [0.2, 0.25) is 5.91 Å². The topological polar surface area (TPSA) is 104 Å².